The molecule has 116 valence electrons. The first kappa shape index (κ1) is 14.8. The largest absolute Gasteiger partial charge is 0.367 e. The summed E-state index contributed by atoms with van der Waals surface area (Å²) in [5.74, 6) is 0.217. The van der Waals surface area contributed by atoms with Crippen molar-refractivity contribution in [3.8, 4) is 0 Å². The average Bonchev–Trinajstić information content (AvgIpc) is 3.25. The van der Waals surface area contributed by atoms with Gasteiger partial charge in [-0.3, -0.25) is 9.59 Å². The third-order valence-electron chi connectivity index (χ3n) is 3.93. The Bertz CT molecular complexity index is 614. The van der Waals surface area contributed by atoms with E-state index in [0.29, 0.717) is 38.2 Å². The van der Waals surface area contributed by atoms with E-state index in [0.717, 1.165) is 6.42 Å². The molecule has 1 N–H and O–H groups in total. The van der Waals surface area contributed by atoms with Crippen LogP contribution in [0.4, 0.5) is 0 Å². The average molecular weight is 317 g/mol. The zero-order chi connectivity index (χ0) is 15.4. The second-order valence-electron chi connectivity index (χ2n) is 5.35. The number of hydrogen-bond donors (Lipinski definition) is 1. The van der Waals surface area contributed by atoms with Crippen molar-refractivity contribution in [3.63, 3.8) is 0 Å². The van der Waals surface area contributed by atoms with E-state index < -0.39 is 0 Å². The second kappa shape index (κ2) is 6.79. The van der Waals surface area contributed by atoms with Gasteiger partial charge in [0.1, 0.15) is 0 Å². The minimum atomic E-state index is 0.0342. The number of H-pyrrole nitrogens is 1. The predicted octanol–water partition coefficient (Wildman–Crippen LogP) is 1.99. The Balaban J connectivity index is 1.47. The predicted molar refractivity (Wildman–Crippen MR) is 85.9 cm³/mol. The maximum absolute atomic E-state index is 12.2. The fourth-order valence-corrected chi connectivity index (χ4v) is 3.35. The first-order chi connectivity index (χ1) is 10.7. The lowest BCUT2D eigenvalue weighted by Gasteiger charge is -2.34. The molecular formula is C16H19N3O2S. The Kier molecular flexibility index (Phi) is 4.58. The number of thiophene rings is 1. The van der Waals surface area contributed by atoms with Crippen molar-refractivity contribution >= 4 is 23.2 Å². The number of carbonyl (C=O) groups is 2. The van der Waals surface area contributed by atoms with Crippen molar-refractivity contribution in [3.05, 3.63) is 46.4 Å². The van der Waals surface area contributed by atoms with E-state index >= 15 is 0 Å². The van der Waals surface area contributed by atoms with E-state index in [1.54, 1.807) is 29.8 Å². The molecule has 1 fully saturated rings. The van der Waals surface area contributed by atoms with Crippen LogP contribution in [0.15, 0.2) is 36.0 Å². The summed E-state index contributed by atoms with van der Waals surface area (Å²) in [6, 6.07) is 5.85. The van der Waals surface area contributed by atoms with E-state index in [-0.39, 0.29) is 11.8 Å². The number of nitrogens with zero attached hydrogens (tertiary/aromatic N) is 2. The third kappa shape index (κ3) is 3.39. The molecule has 2 aromatic rings. The Morgan fingerprint density at radius 1 is 1.14 bits per heavy atom. The number of aromatic amines is 1. The standard InChI is InChI=1S/C16H19N3O2S/c20-15(4-3-14-2-1-11-22-14)18-7-9-19(10-8-18)16(21)13-5-6-17-12-13/h1-2,5-6,11-12,17H,3-4,7-10H2. The molecule has 0 unspecified atom stereocenters. The molecule has 0 spiro atoms. The van der Waals surface area contributed by atoms with Crippen LogP contribution in [0, 0.1) is 0 Å². The number of hydrogen-bond acceptors (Lipinski definition) is 3. The summed E-state index contributed by atoms with van der Waals surface area (Å²) < 4.78 is 0. The van der Waals surface area contributed by atoms with E-state index in [4.69, 9.17) is 0 Å². The summed E-state index contributed by atoms with van der Waals surface area (Å²) in [4.78, 5) is 32.3. The molecule has 0 aromatic carbocycles. The molecule has 1 aliphatic heterocycles. The van der Waals surface area contributed by atoms with Gasteiger partial charge in [-0.05, 0) is 23.9 Å². The highest BCUT2D eigenvalue weighted by atomic mass is 32.1. The minimum absolute atomic E-state index is 0.0342. The van der Waals surface area contributed by atoms with Gasteiger partial charge < -0.3 is 14.8 Å². The van der Waals surface area contributed by atoms with Gasteiger partial charge in [0, 0.05) is 49.9 Å². The smallest absolute Gasteiger partial charge is 0.255 e. The van der Waals surface area contributed by atoms with E-state index in [9.17, 15) is 9.59 Å². The highest BCUT2D eigenvalue weighted by Gasteiger charge is 2.24. The first-order valence-electron chi connectivity index (χ1n) is 7.46. The number of aryl methyl sites for hydroxylation is 1. The molecule has 22 heavy (non-hydrogen) atoms. The fourth-order valence-electron chi connectivity index (χ4n) is 2.64. The van der Waals surface area contributed by atoms with Gasteiger partial charge in [0.2, 0.25) is 5.91 Å². The van der Waals surface area contributed by atoms with Crippen LogP contribution >= 0.6 is 11.3 Å². The molecule has 1 saturated heterocycles. The van der Waals surface area contributed by atoms with Crippen LogP contribution in [0.2, 0.25) is 0 Å². The van der Waals surface area contributed by atoms with Crippen molar-refractivity contribution in [1.82, 2.24) is 14.8 Å². The molecule has 0 bridgehead atoms. The lowest BCUT2D eigenvalue weighted by Crippen LogP contribution is -2.50. The van der Waals surface area contributed by atoms with Crippen molar-refractivity contribution in [2.75, 3.05) is 26.2 Å². The van der Waals surface area contributed by atoms with Crippen LogP contribution in [0.5, 0.6) is 0 Å². The zero-order valence-electron chi connectivity index (χ0n) is 12.3. The molecule has 0 aliphatic carbocycles. The zero-order valence-corrected chi connectivity index (χ0v) is 13.1. The maximum Gasteiger partial charge on any atom is 0.255 e. The highest BCUT2D eigenvalue weighted by Crippen LogP contribution is 2.13. The maximum atomic E-state index is 12.2. The van der Waals surface area contributed by atoms with Crippen LogP contribution in [0.25, 0.3) is 0 Å². The van der Waals surface area contributed by atoms with Crippen LogP contribution in [-0.4, -0.2) is 52.8 Å². The van der Waals surface area contributed by atoms with Crippen LogP contribution in [0.1, 0.15) is 21.7 Å². The van der Waals surface area contributed by atoms with Gasteiger partial charge in [-0.25, -0.2) is 0 Å². The summed E-state index contributed by atoms with van der Waals surface area (Å²) in [6.45, 7) is 2.46. The van der Waals surface area contributed by atoms with Crippen molar-refractivity contribution in [1.29, 1.82) is 0 Å². The SMILES string of the molecule is O=C(CCc1cccs1)N1CCN(C(=O)c2cc[nH]c2)CC1. The Morgan fingerprint density at radius 3 is 2.55 bits per heavy atom. The number of carbonyl (C=O) groups excluding carboxylic acids is 2. The molecule has 0 saturated carbocycles. The first-order valence-corrected chi connectivity index (χ1v) is 8.34. The fraction of sp³-hybridized carbons (Fsp3) is 0.375. The highest BCUT2D eigenvalue weighted by molar-refractivity contribution is 7.09. The van der Waals surface area contributed by atoms with Gasteiger partial charge in [-0.2, -0.15) is 0 Å². The van der Waals surface area contributed by atoms with Crippen LogP contribution in [0.3, 0.4) is 0 Å². The molecule has 0 atom stereocenters. The normalized spacial score (nSPS) is 15.1. The van der Waals surface area contributed by atoms with Gasteiger partial charge in [0.25, 0.3) is 5.91 Å². The van der Waals surface area contributed by atoms with E-state index in [2.05, 4.69) is 11.1 Å². The summed E-state index contributed by atoms with van der Waals surface area (Å²) in [5.41, 5.74) is 0.678. The van der Waals surface area contributed by atoms with Crippen LogP contribution in [-0.2, 0) is 11.2 Å². The molecule has 6 heteroatoms. The number of piperazine rings is 1. The Hall–Kier alpha value is -2.08. The summed E-state index contributed by atoms with van der Waals surface area (Å²) in [7, 11) is 0. The molecule has 5 nitrogen and oxygen atoms in total. The molecular weight excluding hydrogens is 298 g/mol. The summed E-state index contributed by atoms with van der Waals surface area (Å²) in [5, 5.41) is 2.03. The lowest BCUT2D eigenvalue weighted by molar-refractivity contribution is -0.132. The summed E-state index contributed by atoms with van der Waals surface area (Å²) >= 11 is 1.69. The number of aromatic nitrogens is 1. The van der Waals surface area contributed by atoms with Crippen molar-refractivity contribution in [2.24, 2.45) is 0 Å². The van der Waals surface area contributed by atoms with E-state index in [1.807, 2.05) is 21.2 Å². The number of amides is 2. The van der Waals surface area contributed by atoms with Gasteiger partial charge >= 0.3 is 0 Å². The topological polar surface area (TPSA) is 56.4 Å². The van der Waals surface area contributed by atoms with E-state index in [1.165, 1.54) is 4.88 Å². The Labute approximate surface area is 133 Å². The number of nitrogens with one attached hydrogen (secondary N) is 1. The Morgan fingerprint density at radius 2 is 1.91 bits per heavy atom. The molecule has 1 aliphatic rings. The monoisotopic (exact) mass is 317 g/mol. The second-order valence-corrected chi connectivity index (χ2v) is 6.38. The van der Waals surface area contributed by atoms with Crippen molar-refractivity contribution in [2.45, 2.75) is 12.8 Å². The van der Waals surface area contributed by atoms with Crippen molar-refractivity contribution < 1.29 is 9.59 Å². The van der Waals surface area contributed by atoms with Gasteiger partial charge in [-0.1, -0.05) is 6.07 Å². The molecule has 2 amide bonds. The van der Waals surface area contributed by atoms with Gasteiger partial charge in [0.15, 0.2) is 0 Å². The molecule has 3 rings (SSSR count). The summed E-state index contributed by atoms with van der Waals surface area (Å²) in [6.07, 6.45) is 4.81. The molecule has 2 aromatic heterocycles. The van der Waals surface area contributed by atoms with Gasteiger partial charge in [0.05, 0.1) is 5.56 Å². The quantitative estimate of drug-likeness (QED) is 0.937. The lowest BCUT2D eigenvalue weighted by atomic mass is 10.2. The third-order valence-corrected chi connectivity index (χ3v) is 4.87. The van der Waals surface area contributed by atoms with Gasteiger partial charge in [-0.15, -0.1) is 11.3 Å². The van der Waals surface area contributed by atoms with Crippen LogP contribution < -0.4 is 0 Å². The molecule has 0 radical (unpaired) electrons. The molecule has 3 heterocycles. The number of rotatable bonds is 4. The minimum Gasteiger partial charge on any atom is -0.367 e.